The van der Waals surface area contributed by atoms with E-state index in [2.05, 4.69) is 10.1 Å². The van der Waals surface area contributed by atoms with Crippen LogP contribution in [0.3, 0.4) is 0 Å². The van der Waals surface area contributed by atoms with Crippen molar-refractivity contribution in [2.45, 2.75) is 45.6 Å². The Bertz CT molecular complexity index is 620. The zero-order chi connectivity index (χ0) is 19.3. The van der Waals surface area contributed by atoms with Crippen molar-refractivity contribution < 1.29 is 32.2 Å². The first-order valence-electron chi connectivity index (χ1n) is 7.59. The minimum Gasteiger partial charge on any atom is -0.463 e. The van der Waals surface area contributed by atoms with Gasteiger partial charge in [-0.3, -0.25) is 5.32 Å². The van der Waals surface area contributed by atoms with Gasteiger partial charge in [-0.05, 0) is 45.4 Å². The molecule has 1 aromatic rings. The highest BCUT2D eigenvalue weighted by molar-refractivity contribution is 5.89. The molecule has 0 aliphatic carbocycles. The molecule has 0 aliphatic heterocycles. The van der Waals surface area contributed by atoms with Gasteiger partial charge < -0.3 is 14.8 Å². The number of anilines is 1. The van der Waals surface area contributed by atoms with E-state index in [1.54, 1.807) is 18.3 Å². The van der Waals surface area contributed by atoms with E-state index in [4.69, 9.17) is 4.74 Å². The Labute approximate surface area is 143 Å². The number of esters is 1. The third kappa shape index (κ3) is 5.27. The lowest BCUT2D eigenvalue weighted by Gasteiger charge is -2.35. The maximum absolute atomic E-state index is 13.8. The summed E-state index contributed by atoms with van der Waals surface area (Å²) in [5, 5.41) is 3.63. The Balaban J connectivity index is 3.33. The minimum absolute atomic E-state index is 0.0183. The van der Waals surface area contributed by atoms with Gasteiger partial charge in [0, 0.05) is 5.69 Å². The third-order valence-electron chi connectivity index (χ3n) is 2.99. The van der Waals surface area contributed by atoms with Gasteiger partial charge in [-0.2, -0.15) is 13.2 Å². The maximum Gasteiger partial charge on any atom is 0.442 e. The van der Waals surface area contributed by atoms with Crippen LogP contribution in [-0.4, -0.2) is 36.6 Å². The van der Waals surface area contributed by atoms with Crippen molar-refractivity contribution in [2.75, 3.05) is 11.9 Å². The van der Waals surface area contributed by atoms with Crippen LogP contribution >= 0.6 is 0 Å². The molecule has 1 rings (SSSR count). The Morgan fingerprint density at radius 1 is 1.24 bits per heavy atom. The highest BCUT2D eigenvalue weighted by Gasteiger charge is 2.64. The van der Waals surface area contributed by atoms with Crippen LogP contribution in [0, 0.1) is 6.92 Å². The van der Waals surface area contributed by atoms with E-state index in [0.717, 1.165) is 0 Å². The van der Waals surface area contributed by atoms with E-state index in [1.807, 2.05) is 0 Å². The highest BCUT2D eigenvalue weighted by Crippen LogP contribution is 2.33. The Morgan fingerprint density at radius 2 is 1.88 bits per heavy atom. The summed E-state index contributed by atoms with van der Waals surface area (Å²) in [6.07, 6.45) is -7.27. The smallest absolute Gasteiger partial charge is 0.442 e. The Morgan fingerprint density at radius 3 is 2.36 bits per heavy atom. The number of nitrogens with one attached hydrogen (secondary N) is 2. The molecule has 0 saturated heterocycles. The zero-order valence-electron chi connectivity index (χ0n) is 14.4. The summed E-state index contributed by atoms with van der Waals surface area (Å²) in [6.45, 7) is 5.66. The summed E-state index contributed by atoms with van der Waals surface area (Å²) in [5.74, 6) is -1.69. The second-order valence-electron chi connectivity index (χ2n) is 5.54. The van der Waals surface area contributed by atoms with Crippen LogP contribution in [0.4, 0.5) is 23.7 Å². The molecule has 1 aromatic carbocycles. The van der Waals surface area contributed by atoms with Crippen LogP contribution < -0.4 is 10.6 Å². The number of alkyl halides is 3. The Kier molecular flexibility index (Phi) is 6.66. The molecular weight excluding hydrogens is 341 g/mol. The largest absolute Gasteiger partial charge is 0.463 e. The summed E-state index contributed by atoms with van der Waals surface area (Å²) in [7, 11) is 0. The first-order chi connectivity index (χ1) is 11.5. The molecule has 140 valence electrons. The number of ether oxygens (including phenoxy) is 2. The van der Waals surface area contributed by atoms with E-state index in [0.29, 0.717) is 5.56 Å². The fourth-order valence-corrected chi connectivity index (χ4v) is 1.97. The molecule has 0 heterocycles. The molecule has 1 atom stereocenters. The van der Waals surface area contributed by atoms with Crippen LogP contribution in [0.2, 0.25) is 0 Å². The average Bonchev–Trinajstić information content (AvgIpc) is 2.44. The van der Waals surface area contributed by atoms with Gasteiger partial charge in [0.05, 0.1) is 12.7 Å². The predicted octanol–water partition coefficient (Wildman–Crippen LogP) is 3.36. The zero-order valence-corrected chi connectivity index (χ0v) is 14.4. The maximum atomic E-state index is 13.8. The van der Waals surface area contributed by atoms with E-state index in [-0.39, 0.29) is 12.3 Å². The first-order valence-corrected chi connectivity index (χ1v) is 7.59. The van der Waals surface area contributed by atoms with Crippen molar-refractivity contribution in [3.8, 4) is 0 Å². The van der Waals surface area contributed by atoms with E-state index in [9.17, 15) is 22.8 Å². The predicted molar refractivity (Wildman–Crippen MR) is 85.0 cm³/mol. The fraction of sp³-hybridized carbons (Fsp3) is 0.500. The SMILES string of the molecule is CCOC(=O)[C@](NC(=O)OC(C)C)(Nc1cccc(C)c1)C(F)(F)F. The first kappa shape index (κ1) is 20.6. The summed E-state index contributed by atoms with van der Waals surface area (Å²) in [5.41, 5.74) is -2.84. The molecule has 0 saturated carbocycles. The number of aryl methyl sites for hydroxylation is 1. The van der Waals surface area contributed by atoms with Crippen LogP contribution in [0.5, 0.6) is 0 Å². The second kappa shape index (κ2) is 8.09. The fourth-order valence-electron chi connectivity index (χ4n) is 1.97. The molecule has 0 fully saturated rings. The molecular formula is C16H21F3N2O4. The van der Waals surface area contributed by atoms with Crippen molar-refractivity contribution >= 4 is 17.7 Å². The normalized spacial score (nSPS) is 13.8. The standard InChI is InChI=1S/C16H21F3N2O4/c1-5-24-13(22)15(16(17,18)19,21-14(23)25-10(2)3)20-12-8-6-7-11(4)9-12/h6-10,20H,5H2,1-4H3,(H,21,23)/t15-/m1/s1. The lowest BCUT2D eigenvalue weighted by molar-refractivity contribution is -0.205. The second-order valence-corrected chi connectivity index (χ2v) is 5.54. The number of amides is 1. The van der Waals surface area contributed by atoms with Crippen LogP contribution in [-0.2, 0) is 14.3 Å². The molecule has 0 bridgehead atoms. The van der Waals surface area contributed by atoms with Gasteiger partial charge in [0.25, 0.3) is 0 Å². The molecule has 1 amide bonds. The van der Waals surface area contributed by atoms with E-state index >= 15 is 0 Å². The number of carbonyl (C=O) groups is 2. The van der Waals surface area contributed by atoms with Gasteiger partial charge in [-0.1, -0.05) is 12.1 Å². The molecule has 0 radical (unpaired) electrons. The van der Waals surface area contributed by atoms with Gasteiger partial charge in [-0.15, -0.1) is 0 Å². The summed E-state index contributed by atoms with van der Waals surface area (Å²) in [6, 6.07) is 5.92. The Hall–Kier alpha value is -2.45. The number of hydrogen-bond donors (Lipinski definition) is 2. The molecule has 6 nitrogen and oxygen atoms in total. The number of carbonyl (C=O) groups excluding carboxylic acids is 2. The van der Waals surface area contributed by atoms with Crippen LogP contribution in [0.25, 0.3) is 0 Å². The molecule has 0 spiro atoms. The lowest BCUT2D eigenvalue weighted by Crippen LogP contribution is -2.69. The van der Waals surface area contributed by atoms with Crippen molar-refractivity contribution in [1.29, 1.82) is 0 Å². The minimum atomic E-state index is -5.20. The summed E-state index contributed by atoms with van der Waals surface area (Å²) < 4.78 is 50.6. The molecule has 2 N–H and O–H groups in total. The van der Waals surface area contributed by atoms with Crippen molar-refractivity contribution in [3.05, 3.63) is 29.8 Å². The lowest BCUT2D eigenvalue weighted by atomic mass is 10.1. The van der Waals surface area contributed by atoms with Crippen molar-refractivity contribution in [3.63, 3.8) is 0 Å². The topological polar surface area (TPSA) is 76.7 Å². The molecule has 25 heavy (non-hydrogen) atoms. The molecule has 9 heteroatoms. The molecule has 0 unspecified atom stereocenters. The van der Waals surface area contributed by atoms with Crippen LogP contribution in [0.1, 0.15) is 26.3 Å². The average molecular weight is 362 g/mol. The number of hydrogen-bond acceptors (Lipinski definition) is 5. The van der Waals surface area contributed by atoms with Crippen molar-refractivity contribution in [1.82, 2.24) is 5.32 Å². The van der Waals surface area contributed by atoms with E-state index < -0.39 is 30.0 Å². The van der Waals surface area contributed by atoms with Gasteiger partial charge in [0.2, 0.25) is 0 Å². The number of rotatable bonds is 6. The van der Waals surface area contributed by atoms with Gasteiger partial charge >= 0.3 is 23.9 Å². The highest BCUT2D eigenvalue weighted by atomic mass is 19.4. The third-order valence-corrected chi connectivity index (χ3v) is 2.99. The number of halogens is 3. The van der Waals surface area contributed by atoms with Crippen LogP contribution in [0.15, 0.2) is 24.3 Å². The number of benzene rings is 1. The molecule has 0 aliphatic rings. The number of alkyl carbamates (subject to hydrolysis) is 1. The van der Waals surface area contributed by atoms with Crippen molar-refractivity contribution in [2.24, 2.45) is 0 Å². The van der Waals surface area contributed by atoms with Gasteiger partial charge in [0.15, 0.2) is 0 Å². The summed E-state index contributed by atoms with van der Waals surface area (Å²) >= 11 is 0. The quantitative estimate of drug-likeness (QED) is 0.599. The van der Waals surface area contributed by atoms with E-state index in [1.165, 1.54) is 39.0 Å². The molecule has 0 aromatic heterocycles. The monoisotopic (exact) mass is 362 g/mol. The summed E-state index contributed by atoms with van der Waals surface area (Å²) in [4.78, 5) is 23.9. The van der Waals surface area contributed by atoms with Gasteiger partial charge in [-0.25, -0.2) is 9.59 Å². The van der Waals surface area contributed by atoms with Gasteiger partial charge in [0.1, 0.15) is 0 Å².